The average molecular weight is 342 g/mol. The van der Waals surface area contributed by atoms with Gasteiger partial charge in [0.05, 0.1) is 13.2 Å². The summed E-state index contributed by atoms with van der Waals surface area (Å²) in [7, 11) is 0. The van der Waals surface area contributed by atoms with E-state index >= 15 is 0 Å². The molecule has 0 amide bonds. The summed E-state index contributed by atoms with van der Waals surface area (Å²) in [6, 6.07) is 10.8. The summed E-state index contributed by atoms with van der Waals surface area (Å²) in [6.45, 7) is 7.05. The van der Waals surface area contributed by atoms with Gasteiger partial charge in [0.1, 0.15) is 11.6 Å². The van der Waals surface area contributed by atoms with E-state index in [1.165, 1.54) is 18.9 Å². The van der Waals surface area contributed by atoms with Crippen LogP contribution in [0.25, 0.3) is 11.1 Å². The SMILES string of the molecule is CCOc1ccc(F)c(-c2ccc(CO)cc2C2CCCC2(C)C)c1. The lowest BCUT2D eigenvalue weighted by molar-refractivity contribution is 0.281. The summed E-state index contributed by atoms with van der Waals surface area (Å²) < 4.78 is 20.2. The van der Waals surface area contributed by atoms with E-state index in [0.29, 0.717) is 23.8 Å². The Labute approximate surface area is 149 Å². The van der Waals surface area contributed by atoms with Crippen LogP contribution >= 0.6 is 0 Å². The Balaban J connectivity index is 2.15. The van der Waals surface area contributed by atoms with Crippen molar-refractivity contribution in [3.63, 3.8) is 0 Å². The first-order valence-corrected chi connectivity index (χ1v) is 9.12. The third kappa shape index (κ3) is 3.57. The summed E-state index contributed by atoms with van der Waals surface area (Å²) in [5.74, 6) is 0.808. The Morgan fingerprint density at radius 1 is 1.16 bits per heavy atom. The highest BCUT2D eigenvalue weighted by Gasteiger charge is 2.37. The number of hydrogen-bond acceptors (Lipinski definition) is 2. The number of aliphatic hydroxyl groups excluding tert-OH is 1. The van der Waals surface area contributed by atoms with E-state index in [1.54, 1.807) is 12.1 Å². The Morgan fingerprint density at radius 3 is 2.60 bits per heavy atom. The van der Waals surface area contributed by atoms with Crippen LogP contribution in [-0.4, -0.2) is 11.7 Å². The lowest BCUT2D eigenvalue weighted by Gasteiger charge is -2.30. The molecule has 0 aromatic heterocycles. The lowest BCUT2D eigenvalue weighted by atomic mass is 9.75. The van der Waals surface area contributed by atoms with Crippen molar-refractivity contribution in [2.75, 3.05) is 6.61 Å². The first-order chi connectivity index (χ1) is 12.0. The maximum Gasteiger partial charge on any atom is 0.131 e. The zero-order chi connectivity index (χ0) is 18.0. The molecular formula is C22H27FO2. The molecule has 0 saturated heterocycles. The Morgan fingerprint density at radius 2 is 1.96 bits per heavy atom. The molecule has 0 radical (unpaired) electrons. The molecule has 3 rings (SSSR count). The van der Waals surface area contributed by atoms with Gasteiger partial charge in [-0.15, -0.1) is 0 Å². The van der Waals surface area contributed by atoms with E-state index in [0.717, 1.165) is 23.1 Å². The summed E-state index contributed by atoms with van der Waals surface area (Å²) in [6.07, 6.45) is 3.45. The van der Waals surface area contributed by atoms with Gasteiger partial charge in [-0.3, -0.25) is 0 Å². The van der Waals surface area contributed by atoms with Gasteiger partial charge in [0.2, 0.25) is 0 Å². The van der Waals surface area contributed by atoms with Crippen LogP contribution in [0.5, 0.6) is 5.75 Å². The average Bonchev–Trinajstić information content (AvgIpc) is 2.95. The highest BCUT2D eigenvalue weighted by Crippen LogP contribution is 2.51. The van der Waals surface area contributed by atoms with E-state index in [-0.39, 0.29) is 17.8 Å². The molecule has 1 N–H and O–H groups in total. The van der Waals surface area contributed by atoms with E-state index in [1.807, 2.05) is 19.1 Å². The molecule has 0 aliphatic heterocycles. The van der Waals surface area contributed by atoms with Crippen molar-refractivity contribution in [3.8, 4) is 16.9 Å². The maximum absolute atomic E-state index is 14.6. The molecule has 2 nitrogen and oxygen atoms in total. The minimum absolute atomic E-state index is 0.00188. The molecule has 0 bridgehead atoms. The maximum atomic E-state index is 14.6. The Hall–Kier alpha value is -1.87. The monoisotopic (exact) mass is 342 g/mol. The van der Waals surface area contributed by atoms with Crippen molar-refractivity contribution < 1.29 is 14.2 Å². The normalized spacial score (nSPS) is 19.2. The third-order valence-corrected chi connectivity index (χ3v) is 5.47. The molecule has 2 aromatic carbocycles. The van der Waals surface area contributed by atoms with Gasteiger partial charge in [-0.25, -0.2) is 4.39 Å². The standard InChI is InChI=1S/C22H27FO2/c1-4-25-16-8-10-21(23)19(13-16)17-9-7-15(14-24)12-18(17)20-6-5-11-22(20,2)3/h7-10,12-13,20,24H,4-6,11,14H2,1-3H3. The number of rotatable bonds is 5. The minimum Gasteiger partial charge on any atom is -0.494 e. The molecule has 1 unspecified atom stereocenters. The van der Waals surface area contributed by atoms with Crippen LogP contribution in [0.1, 0.15) is 57.1 Å². The fraction of sp³-hybridized carbons (Fsp3) is 0.455. The molecule has 134 valence electrons. The molecule has 0 heterocycles. The van der Waals surface area contributed by atoms with E-state index in [4.69, 9.17) is 4.74 Å². The molecule has 1 atom stereocenters. The zero-order valence-corrected chi connectivity index (χ0v) is 15.3. The fourth-order valence-electron chi connectivity index (χ4n) is 4.11. The van der Waals surface area contributed by atoms with Crippen LogP contribution in [0.3, 0.4) is 0 Å². The predicted octanol–water partition coefficient (Wildman–Crippen LogP) is 5.68. The van der Waals surface area contributed by atoms with Gasteiger partial charge >= 0.3 is 0 Å². The molecule has 1 aliphatic carbocycles. The van der Waals surface area contributed by atoms with E-state index in [9.17, 15) is 9.50 Å². The van der Waals surface area contributed by atoms with Crippen LogP contribution in [0.4, 0.5) is 4.39 Å². The van der Waals surface area contributed by atoms with Crippen LogP contribution in [0, 0.1) is 11.2 Å². The molecule has 1 saturated carbocycles. The second kappa shape index (κ2) is 7.17. The Kier molecular flexibility index (Phi) is 5.14. The molecule has 1 aliphatic rings. The van der Waals surface area contributed by atoms with Crippen molar-refractivity contribution >= 4 is 0 Å². The van der Waals surface area contributed by atoms with Crippen molar-refractivity contribution in [2.45, 2.75) is 52.6 Å². The van der Waals surface area contributed by atoms with Crippen molar-refractivity contribution in [1.82, 2.24) is 0 Å². The summed E-state index contributed by atoms with van der Waals surface area (Å²) in [5, 5.41) is 9.57. The molecule has 3 heteroatoms. The fourth-order valence-corrected chi connectivity index (χ4v) is 4.11. The number of halogens is 1. The van der Waals surface area contributed by atoms with Crippen LogP contribution in [-0.2, 0) is 6.61 Å². The lowest BCUT2D eigenvalue weighted by Crippen LogP contribution is -2.16. The van der Waals surface area contributed by atoms with Gasteiger partial charge < -0.3 is 9.84 Å². The summed E-state index contributed by atoms with van der Waals surface area (Å²) in [4.78, 5) is 0. The van der Waals surface area contributed by atoms with Crippen molar-refractivity contribution in [2.24, 2.45) is 5.41 Å². The molecular weight excluding hydrogens is 315 g/mol. The Bertz CT molecular complexity index is 752. The van der Waals surface area contributed by atoms with E-state index < -0.39 is 0 Å². The first-order valence-electron chi connectivity index (χ1n) is 9.12. The molecule has 0 spiro atoms. The summed E-state index contributed by atoms with van der Waals surface area (Å²) >= 11 is 0. The quantitative estimate of drug-likeness (QED) is 0.758. The number of ether oxygens (including phenoxy) is 1. The van der Waals surface area contributed by atoms with Gasteiger partial charge in [0.15, 0.2) is 0 Å². The second-order valence-electron chi connectivity index (χ2n) is 7.59. The van der Waals surface area contributed by atoms with Crippen LogP contribution < -0.4 is 4.74 Å². The zero-order valence-electron chi connectivity index (χ0n) is 15.3. The van der Waals surface area contributed by atoms with Gasteiger partial charge in [-0.1, -0.05) is 38.5 Å². The predicted molar refractivity (Wildman–Crippen MR) is 99.3 cm³/mol. The second-order valence-corrected chi connectivity index (χ2v) is 7.59. The summed E-state index contributed by atoms with van der Waals surface area (Å²) in [5.41, 5.74) is 3.69. The molecule has 25 heavy (non-hydrogen) atoms. The van der Waals surface area contributed by atoms with Crippen LogP contribution in [0.2, 0.25) is 0 Å². The van der Waals surface area contributed by atoms with Crippen LogP contribution in [0.15, 0.2) is 36.4 Å². The number of benzene rings is 2. The minimum atomic E-state index is -0.239. The topological polar surface area (TPSA) is 29.5 Å². The molecule has 2 aromatic rings. The highest BCUT2D eigenvalue weighted by molar-refractivity contribution is 5.71. The molecule has 1 fully saturated rings. The van der Waals surface area contributed by atoms with E-state index in [2.05, 4.69) is 19.9 Å². The smallest absolute Gasteiger partial charge is 0.131 e. The van der Waals surface area contributed by atoms with Gasteiger partial charge in [-0.05, 0) is 66.0 Å². The third-order valence-electron chi connectivity index (χ3n) is 5.47. The van der Waals surface area contributed by atoms with Gasteiger partial charge in [0.25, 0.3) is 0 Å². The highest BCUT2D eigenvalue weighted by atomic mass is 19.1. The number of hydrogen-bond donors (Lipinski definition) is 1. The van der Waals surface area contributed by atoms with Gasteiger partial charge in [-0.2, -0.15) is 0 Å². The van der Waals surface area contributed by atoms with Gasteiger partial charge in [0, 0.05) is 5.56 Å². The first kappa shape index (κ1) is 17.9. The van der Waals surface area contributed by atoms with Crippen molar-refractivity contribution in [3.05, 3.63) is 53.3 Å². The van der Waals surface area contributed by atoms with Crippen molar-refractivity contribution in [1.29, 1.82) is 0 Å². The number of aliphatic hydroxyl groups is 1. The largest absolute Gasteiger partial charge is 0.494 e.